The summed E-state index contributed by atoms with van der Waals surface area (Å²) in [7, 11) is 0. The summed E-state index contributed by atoms with van der Waals surface area (Å²) in [6.45, 7) is 5.60. The number of nitrogens with zero attached hydrogens (tertiary/aromatic N) is 2. The van der Waals surface area contributed by atoms with Crippen LogP contribution in [0.4, 0.5) is 0 Å². The van der Waals surface area contributed by atoms with Gasteiger partial charge in [-0.1, -0.05) is 0 Å². The van der Waals surface area contributed by atoms with Crippen LogP contribution in [-0.4, -0.2) is 54.5 Å². The van der Waals surface area contributed by atoms with Gasteiger partial charge >= 0.3 is 11.9 Å². The van der Waals surface area contributed by atoms with Crippen LogP contribution in [0, 0.1) is 0 Å². The predicted octanol–water partition coefficient (Wildman–Crippen LogP) is 0.955. The fourth-order valence-electron chi connectivity index (χ4n) is 2.07. The zero-order chi connectivity index (χ0) is 13.7. The van der Waals surface area contributed by atoms with Crippen molar-refractivity contribution in [3.05, 3.63) is 22.4 Å². The lowest BCUT2D eigenvalue weighted by Gasteiger charge is -2.33. The molecule has 1 aliphatic rings. The molecule has 1 amide bonds. The summed E-state index contributed by atoms with van der Waals surface area (Å²) in [5.41, 5.74) is 1.30. The minimum absolute atomic E-state index is 0.239. The van der Waals surface area contributed by atoms with Crippen LogP contribution in [0.3, 0.4) is 0 Å². The summed E-state index contributed by atoms with van der Waals surface area (Å²) in [6.07, 6.45) is 0. The molecule has 5 nitrogen and oxygen atoms in total. The number of carbonyl (C=O) groups is 2. The summed E-state index contributed by atoms with van der Waals surface area (Å²) in [6, 6.07) is 2.11. The first-order valence-electron chi connectivity index (χ1n) is 6.40. The third-order valence-corrected chi connectivity index (χ3v) is 3.83. The van der Waals surface area contributed by atoms with E-state index in [9.17, 15) is 9.59 Å². The van der Waals surface area contributed by atoms with Crippen molar-refractivity contribution < 1.29 is 14.3 Å². The highest BCUT2D eigenvalue weighted by Gasteiger charge is 2.26. The van der Waals surface area contributed by atoms with Crippen molar-refractivity contribution in [2.75, 3.05) is 32.8 Å². The van der Waals surface area contributed by atoms with E-state index in [1.54, 1.807) is 23.2 Å². The Bertz CT molecular complexity index is 425. The second-order valence-electron chi connectivity index (χ2n) is 4.42. The normalized spacial score (nSPS) is 16.4. The van der Waals surface area contributed by atoms with E-state index in [1.807, 2.05) is 0 Å². The Hall–Kier alpha value is -1.40. The van der Waals surface area contributed by atoms with Crippen molar-refractivity contribution in [1.29, 1.82) is 0 Å². The molecule has 0 aromatic carbocycles. The van der Waals surface area contributed by atoms with Gasteiger partial charge in [-0.05, 0) is 29.3 Å². The van der Waals surface area contributed by atoms with Gasteiger partial charge in [-0.2, -0.15) is 11.3 Å². The Kier molecular flexibility index (Phi) is 4.93. The van der Waals surface area contributed by atoms with Crippen molar-refractivity contribution in [3.63, 3.8) is 0 Å². The molecule has 19 heavy (non-hydrogen) atoms. The van der Waals surface area contributed by atoms with E-state index < -0.39 is 11.9 Å². The Morgan fingerprint density at radius 3 is 2.63 bits per heavy atom. The summed E-state index contributed by atoms with van der Waals surface area (Å²) in [5.74, 6) is -1.26. The number of ether oxygens (including phenoxy) is 1. The van der Waals surface area contributed by atoms with E-state index in [-0.39, 0.29) is 6.61 Å². The summed E-state index contributed by atoms with van der Waals surface area (Å²) in [5, 5.41) is 4.20. The van der Waals surface area contributed by atoms with E-state index in [0.29, 0.717) is 13.1 Å². The maximum Gasteiger partial charge on any atom is 0.397 e. The lowest BCUT2D eigenvalue weighted by atomic mass is 10.2. The quantitative estimate of drug-likeness (QED) is 0.612. The molecule has 0 atom stereocenters. The molecule has 0 aliphatic carbocycles. The van der Waals surface area contributed by atoms with Crippen molar-refractivity contribution in [3.8, 4) is 0 Å². The number of thiophene rings is 1. The molecule has 0 bridgehead atoms. The highest BCUT2D eigenvalue weighted by Crippen LogP contribution is 2.11. The van der Waals surface area contributed by atoms with Gasteiger partial charge < -0.3 is 9.64 Å². The van der Waals surface area contributed by atoms with Gasteiger partial charge in [-0.3, -0.25) is 9.69 Å². The molecule has 1 aromatic rings. The first kappa shape index (κ1) is 14.0. The molecule has 0 saturated carbocycles. The van der Waals surface area contributed by atoms with Crippen LogP contribution in [0.15, 0.2) is 16.8 Å². The van der Waals surface area contributed by atoms with Crippen molar-refractivity contribution in [2.45, 2.75) is 13.5 Å². The molecule has 1 saturated heterocycles. The van der Waals surface area contributed by atoms with E-state index >= 15 is 0 Å². The van der Waals surface area contributed by atoms with Gasteiger partial charge in [0.05, 0.1) is 6.61 Å². The van der Waals surface area contributed by atoms with Crippen LogP contribution in [0.25, 0.3) is 0 Å². The monoisotopic (exact) mass is 282 g/mol. The number of piperazine rings is 1. The average Bonchev–Trinajstić information content (AvgIpc) is 2.92. The molecule has 0 N–H and O–H groups in total. The van der Waals surface area contributed by atoms with Gasteiger partial charge in [0, 0.05) is 32.7 Å². The third kappa shape index (κ3) is 3.78. The lowest BCUT2D eigenvalue weighted by molar-refractivity contribution is -0.160. The van der Waals surface area contributed by atoms with Crippen LogP contribution in [-0.2, 0) is 20.9 Å². The van der Waals surface area contributed by atoms with Crippen LogP contribution >= 0.6 is 11.3 Å². The van der Waals surface area contributed by atoms with Crippen LogP contribution in [0.5, 0.6) is 0 Å². The maximum absolute atomic E-state index is 11.7. The van der Waals surface area contributed by atoms with Crippen LogP contribution in [0.2, 0.25) is 0 Å². The van der Waals surface area contributed by atoms with Gasteiger partial charge in [0.1, 0.15) is 0 Å². The van der Waals surface area contributed by atoms with Crippen molar-refractivity contribution >= 4 is 23.2 Å². The molecular formula is C13H18N2O3S. The molecule has 0 unspecified atom stereocenters. The topological polar surface area (TPSA) is 49.9 Å². The molecule has 0 radical (unpaired) electrons. The molecule has 104 valence electrons. The third-order valence-electron chi connectivity index (χ3n) is 3.10. The number of rotatable bonds is 3. The number of amides is 1. The van der Waals surface area contributed by atoms with Gasteiger partial charge in [-0.25, -0.2) is 4.79 Å². The second kappa shape index (κ2) is 6.68. The molecule has 6 heteroatoms. The Morgan fingerprint density at radius 1 is 1.32 bits per heavy atom. The fraction of sp³-hybridized carbons (Fsp3) is 0.538. The molecule has 1 aromatic heterocycles. The second-order valence-corrected chi connectivity index (χ2v) is 5.20. The van der Waals surface area contributed by atoms with Gasteiger partial charge in [0.2, 0.25) is 0 Å². The highest BCUT2D eigenvalue weighted by molar-refractivity contribution is 7.07. The van der Waals surface area contributed by atoms with Crippen LogP contribution in [0.1, 0.15) is 12.5 Å². The number of esters is 1. The predicted molar refractivity (Wildman–Crippen MR) is 72.8 cm³/mol. The zero-order valence-corrected chi connectivity index (χ0v) is 11.8. The highest BCUT2D eigenvalue weighted by atomic mass is 32.1. The molecule has 1 aliphatic heterocycles. The summed E-state index contributed by atoms with van der Waals surface area (Å²) >= 11 is 1.69. The summed E-state index contributed by atoms with van der Waals surface area (Å²) < 4.78 is 4.73. The van der Waals surface area contributed by atoms with Crippen molar-refractivity contribution in [1.82, 2.24) is 9.80 Å². The SMILES string of the molecule is CCOC(=O)C(=O)N1CCN(Cc2ccsc2)CC1. The van der Waals surface area contributed by atoms with E-state index in [2.05, 4.69) is 21.7 Å². The standard InChI is InChI=1S/C13H18N2O3S/c1-2-18-13(17)12(16)15-6-4-14(5-7-15)9-11-3-8-19-10-11/h3,8,10H,2,4-7,9H2,1H3. The van der Waals surface area contributed by atoms with E-state index in [0.717, 1.165) is 19.6 Å². The maximum atomic E-state index is 11.7. The van der Waals surface area contributed by atoms with Gasteiger partial charge in [0.25, 0.3) is 0 Å². The Morgan fingerprint density at radius 2 is 2.05 bits per heavy atom. The summed E-state index contributed by atoms with van der Waals surface area (Å²) in [4.78, 5) is 27.0. The fourth-order valence-corrected chi connectivity index (χ4v) is 2.73. The number of carbonyl (C=O) groups excluding carboxylic acids is 2. The molecular weight excluding hydrogens is 264 g/mol. The average molecular weight is 282 g/mol. The minimum atomic E-state index is -0.742. The smallest absolute Gasteiger partial charge is 0.397 e. The zero-order valence-electron chi connectivity index (χ0n) is 11.0. The number of hydrogen-bond acceptors (Lipinski definition) is 5. The first-order chi connectivity index (χ1) is 9.20. The van der Waals surface area contributed by atoms with Crippen molar-refractivity contribution in [2.24, 2.45) is 0 Å². The molecule has 2 rings (SSSR count). The largest absolute Gasteiger partial charge is 0.459 e. The molecule has 2 heterocycles. The molecule has 1 fully saturated rings. The minimum Gasteiger partial charge on any atom is -0.459 e. The van der Waals surface area contributed by atoms with E-state index in [1.165, 1.54) is 5.56 Å². The van der Waals surface area contributed by atoms with Gasteiger partial charge in [0.15, 0.2) is 0 Å². The number of hydrogen-bond donors (Lipinski definition) is 0. The Balaban J connectivity index is 1.79. The van der Waals surface area contributed by atoms with Crippen LogP contribution < -0.4 is 0 Å². The van der Waals surface area contributed by atoms with Gasteiger partial charge in [-0.15, -0.1) is 0 Å². The van der Waals surface area contributed by atoms with E-state index in [4.69, 9.17) is 4.74 Å². The first-order valence-corrected chi connectivity index (χ1v) is 7.34. The Labute approximate surface area is 116 Å². The molecule has 0 spiro atoms. The lowest BCUT2D eigenvalue weighted by Crippen LogP contribution is -2.50.